The molecule has 1 aliphatic rings. The molecule has 148 valence electrons. The minimum absolute atomic E-state index is 0.128. The van der Waals surface area contributed by atoms with E-state index in [2.05, 4.69) is 41.6 Å². The molecular formula is C23H25N5O. The highest BCUT2D eigenvalue weighted by Crippen LogP contribution is 2.27. The predicted molar refractivity (Wildman–Crippen MR) is 118 cm³/mol. The first kappa shape index (κ1) is 18.9. The third kappa shape index (κ3) is 3.92. The maximum absolute atomic E-state index is 12.7. The van der Waals surface area contributed by atoms with Crippen molar-refractivity contribution in [1.82, 2.24) is 9.55 Å². The molecule has 6 nitrogen and oxygen atoms in total. The van der Waals surface area contributed by atoms with Crippen LogP contribution in [0.25, 0.3) is 0 Å². The van der Waals surface area contributed by atoms with Crippen molar-refractivity contribution in [3.05, 3.63) is 87.3 Å². The van der Waals surface area contributed by atoms with Crippen LogP contribution in [0.2, 0.25) is 0 Å². The van der Waals surface area contributed by atoms with Crippen LogP contribution in [0.4, 0.5) is 11.6 Å². The minimum atomic E-state index is -0.486. The van der Waals surface area contributed by atoms with E-state index in [4.69, 9.17) is 4.99 Å². The second-order valence-electron chi connectivity index (χ2n) is 7.72. The predicted octanol–water partition coefficient (Wildman–Crippen LogP) is 4.42. The molecule has 0 saturated heterocycles. The maximum Gasteiger partial charge on any atom is 0.257 e. The summed E-state index contributed by atoms with van der Waals surface area (Å²) in [6, 6.07) is 17.9. The number of nitrogens with zero attached hydrogens (tertiary/aromatic N) is 3. The van der Waals surface area contributed by atoms with Gasteiger partial charge in [0.1, 0.15) is 0 Å². The quantitative estimate of drug-likeness (QED) is 0.698. The average Bonchev–Trinajstić information content (AvgIpc) is 2.67. The zero-order chi connectivity index (χ0) is 20.5. The van der Waals surface area contributed by atoms with Crippen molar-refractivity contribution in [2.45, 2.75) is 39.8 Å². The van der Waals surface area contributed by atoms with Crippen LogP contribution in [-0.4, -0.2) is 15.5 Å². The van der Waals surface area contributed by atoms with Gasteiger partial charge in [-0.2, -0.15) is 0 Å². The number of benzene rings is 2. The lowest BCUT2D eigenvalue weighted by molar-refractivity contribution is 0.577. The third-order valence-corrected chi connectivity index (χ3v) is 4.99. The lowest BCUT2D eigenvalue weighted by Gasteiger charge is -2.27. The van der Waals surface area contributed by atoms with Gasteiger partial charge in [-0.1, -0.05) is 50.2 Å². The van der Waals surface area contributed by atoms with Crippen molar-refractivity contribution in [1.29, 1.82) is 0 Å². The number of aryl methyl sites for hydroxylation is 2. The molecule has 2 N–H and O–H groups in total. The highest BCUT2D eigenvalue weighted by atomic mass is 16.1. The molecule has 2 aromatic carbocycles. The highest BCUT2D eigenvalue weighted by Gasteiger charge is 2.25. The van der Waals surface area contributed by atoms with Gasteiger partial charge in [-0.05, 0) is 48.6 Å². The first-order chi connectivity index (χ1) is 13.9. The second kappa shape index (κ2) is 7.54. The number of fused-ring (bicyclic) bond motifs is 1. The molecular weight excluding hydrogens is 362 g/mol. The summed E-state index contributed by atoms with van der Waals surface area (Å²) in [4.78, 5) is 22.1. The first-order valence-corrected chi connectivity index (χ1v) is 9.79. The summed E-state index contributed by atoms with van der Waals surface area (Å²) < 4.78 is 1.60. The topological polar surface area (TPSA) is 71.3 Å². The summed E-state index contributed by atoms with van der Waals surface area (Å²) in [6.07, 6.45) is -0.486. The molecule has 29 heavy (non-hydrogen) atoms. The largest absolute Gasteiger partial charge is 0.326 e. The van der Waals surface area contributed by atoms with Crippen LogP contribution in [0.1, 0.15) is 48.3 Å². The van der Waals surface area contributed by atoms with E-state index < -0.39 is 6.17 Å². The standard InChI is InChI=1S/C23H25N5O/c1-14(2)17-8-10-18(11-9-17)21-26-22(25-19-7-5-6-15(3)12-19)27-23-24-16(4)13-20(29)28(21)23/h5-14,21H,1-4H3,(H2,24,25,26,27). The van der Waals surface area contributed by atoms with E-state index >= 15 is 0 Å². The van der Waals surface area contributed by atoms with Gasteiger partial charge in [-0.3, -0.25) is 14.7 Å². The Hall–Kier alpha value is -3.41. The van der Waals surface area contributed by atoms with Gasteiger partial charge in [0.25, 0.3) is 5.56 Å². The Balaban J connectivity index is 1.77. The Labute approximate surface area is 170 Å². The Morgan fingerprint density at radius 2 is 1.83 bits per heavy atom. The van der Waals surface area contributed by atoms with Gasteiger partial charge in [-0.15, -0.1) is 0 Å². The summed E-state index contributed by atoms with van der Waals surface area (Å²) >= 11 is 0. The van der Waals surface area contributed by atoms with Gasteiger partial charge in [0, 0.05) is 17.4 Å². The van der Waals surface area contributed by atoms with Crippen LogP contribution in [0.15, 0.2) is 64.4 Å². The maximum atomic E-state index is 12.7. The van der Waals surface area contributed by atoms with Crippen molar-refractivity contribution in [3.8, 4) is 0 Å². The van der Waals surface area contributed by atoms with Crippen LogP contribution >= 0.6 is 0 Å². The Morgan fingerprint density at radius 1 is 1.07 bits per heavy atom. The van der Waals surface area contributed by atoms with E-state index in [1.54, 1.807) is 4.57 Å². The fraction of sp³-hybridized carbons (Fsp3) is 0.261. The Kier molecular flexibility index (Phi) is 4.92. The van der Waals surface area contributed by atoms with Crippen molar-refractivity contribution in [2.24, 2.45) is 4.99 Å². The van der Waals surface area contributed by atoms with Crippen molar-refractivity contribution >= 4 is 17.6 Å². The molecule has 1 aliphatic heterocycles. The van der Waals surface area contributed by atoms with Crippen LogP contribution in [0.3, 0.4) is 0 Å². The fourth-order valence-electron chi connectivity index (χ4n) is 3.45. The van der Waals surface area contributed by atoms with Gasteiger partial charge in [0.15, 0.2) is 6.17 Å². The van der Waals surface area contributed by atoms with E-state index in [0.717, 1.165) is 16.8 Å². The lowest BCUT2D eigenvalue weighted by atomic mass is 10.0. The Morgan fingerprint density at radius 3 is 2.52 bits per heavy atom. The molecule has 0 fully saturated rings. The molecule has 0 aliphatic carbocycles. The third-order valence-electron chi connectivity index (χ3n) is 4.99. The summed E-state index contributed by atoms with van der Waals surface area (Å²) in [6.45, 7) is 8.18. The molecule has 0 bridgehead atoms. The van der Waals surface area contributed by atoms with E-state index in [-0.39, 0.29) is 5.56 Å². The first-order valence-electron chi connectivity index (χ1n) is 9.79. The van der Waals surface area contributed by atoms with Gasteiger partial charge in [0.2, 0.25) is 11.9 Å². The molecule has 0 saturated carbocycles. The van der Waals surface area contributed by atoms with Crippen molar-refractivity contribution in [3.63, 3.8) is 0 Å². The highest BCUT2D eigenvalue weighted by molar-refractivity contribution is 6.03. The normalized spacial score (nSPS) is 15.5. The fourth-order valence-corrected chi connectivity index (χ4v) is 3.45. The number of rotatable bonds is 3. The number of nitrogens with one attached hydrogen (secondary N) is 2. The summed E-state index contributed by atoms with van der Waals surface area (Å²) in [7, 11) is 0. The second-order valence-corrected chi connectivity index (χ2v) is 7.72. The molecule has 3 aromatic rings. The van der Waals surface area contributed by atoms with Crippen molar-refractivity contribution < 1.29 is 0 Å². The SMILES string of the molecule is Cc1cccc(NC2=NC(c3ccc(C(C)C)cc3)n3c(nc(C)cc3=O)N2)c1. The Bertz CT molecular complexity index is 1130. The van der Waals surface area contributed by atoms with Gasteiger partial charge in [0.05, 0.1) is 0 Å². The smallest absolute Gasteiger partial charge is 0.257 e. The van der Waals surface area contributed by atoms with Gasteiger partial charge >= 0.3 is 0 Å². The lowest BCUT2D eigenvalue weighted by Crippen LogP contribution is -2.37. The monoisotopic (exact) mass is 387 g/mol. The molecule has 1 atom stereocenters. The number of hydrogen-bond donors (Lipinski definition) is 2. The molecule has 0 radical (unpaired) electrons. The molecule has 1 aromatic heterocycles. The number of aliphatic imine (C=N–C) groups is 1. The summed E-state index contributed by atoms with van der Waals surface area (Å²) in [5.41, 5.74) is 4.80. The van der Waals surface area contributed by atoms with Gasteiger partial charge < -0.3 is 5.32 Å². The van der Waals surface area contributed by atoms with E-state index in [1.807, 2.05) is 50.2 Å². The minimum Gasteiger partial charge on any atom is -0.326 e. The number of guanidine groups is 1. The van der Waals surface area contributed by atoms with E-state index in [0.29, 0.717) is 23.5 Å². The number of hydrogen-bond acceptors (Lipinski definition) is 5. The zero-order valence-electron chi connectivity index (χ0n) is 17.1. The molecule has 1 unspecified atom stereocenters. The number of anilines is 2. The number of aromatic nitrogens is 2. The van der Waals surface area contributed by atoms with E-state index in [1.165, 1.54) is 11.6 Å². The van der Waals surface area contributed by atoms with Crippen molar-refractivity contribution in [2.75, 3.05) is 10.6 Å². The van der Waals surface area contributed by atoms with E-state index in [9.17, 15) is 4.79 Å². The average molecular weight is 387 g/mol. The molecule has 0 amide bonds. The van der Waals surface area contributed by atoms with Crippen LogP contribution in [0.5, 0.6) is 0 Å². The zero-order valence-corrected chi connectivity index (χ0v) is 17.1. The molecule has 2 heterocycles. The van der Waals surface area contributed by atoms with Crippen LogP contribution in [0, 0.1) is 13.8 Å². The summed E-state index contributed by atoms with van der Waals surface area (Å²) in [5.74, 6) is 1.49. The molecule has 6 heteroatoms. The van der Waals surface area contributed by atoms with Crippen LogP contribution in [-0.2, 0) is 0 Å². The summed E-state index contributed by atoms with van der Waals surface area (Å²) in [5, 5.41) is 6.48. The molecule has 0 spiro atoms. The van der Waals surface area contributed by atoms with Crippen LogP contribution < -0.4 is 16.2 Å². The molecule has 4 rings (SSSR count). The van der Waals surface area contributed by atoms with Gasteiger partial charge in [-0.25, -0.2) is 9.98 Å².